The molecule has 1 aliphatic heterocycles. The molecule has 3 rings (SSSR count). The van der Waals surface area contributed by atoms with Gasteiger partial charge in [-0.3, -0.25) is 0 Å². The Morgan fingerprint density at radius 1 is 1.19 bits per heavy atom. The van der Waals surface area contributed by atoms with E-state index in [1.165, 1.54) is 37.0 Å². The predicted octanol–water partition coefficient (Wildman–Crippen LogP) is 2.14. The van der Waals surface area contributed by atoms with Crippen LogP contribution in [0.1, 0.15) is 24.3 Å². The first kappa shape index (κ1) is 9.85. The molecular weight excluding hydrogens is 198 g/mol. The number of rotatable bonds is 1. The van der Waals surface area contributed by atoms with Gasteiger partial charge >= 0.3 is 0 Å². The van der Waals surface area contributed by atoms with Crippen molar-refractivity contribution in [1.29, 1.82) is 0 Å². The van der Waals surface area contributed by atoms with Gasteiger partial charge in [0, 0.05) is 12.4 Å². The van der Waals surface area contributed by atoms with Gasteiger partial charge in [0.15, 0.2) is 0 Å². The fourth-order valence-corrected chi connectivity index (χ4v) is 2.51. The topological polar surface area (TPSA) is 20.5 Å². The monoisotopic (exact) mass is 215 g/mol. The maximum absolute atomic E-state index is 4.30. The number of hydrogen-bond acceptors (Lipinski definition) is 2. The number of piperidine rings is 1. The van der Waals surface area contributed by atoms with Crippen LogP contribution >= 0.6 is 0 Å². The standard InChI is InChI=1S/C13H17N3/c1-15-8-5-11(6-9-15)12-2-3-13-4-7-14-16(13)10-12/h2-4,7,10-11H,5-6,8-9H2,1H3. The van der Waals surface area contributed by atoms with Gasteiger partial charge in [-0.2, -0.15) is 5.10 Å². The second-order valence-corrected chi connectivity index (χ2v) is 4.74. The summed E-state index contributed by atoms with van der Waals surface area (Å²) in [6, 6.07) is 6.46. The maximum Gasteiger partial charge on any atom is 0.0661 e. The molecule has 0 unspecified atom stereocenters. The van der Waals surface area contributed by atoms with Gasteiger partial charge in [-0.1, -0.05) is 6.07 Å². The van der Waals surface area contributed by atoms with Crippen LogP contribution in [0.2, 0.25) is 0 Å². The number of fused-ring (bicyclic) bond motifs is 1. The van der Waals surface area contributed by atoms with E-state index in [9.17, 15) is 0 Å². The van der Waals surface area contributed by atoms with Gasteiger partial charge in [-0.05, 0) is 56.6 Å². The van der Waals surface area contributed by atoms with Crippen LogP contribution in [-0.2, 0) is 0 Å². The smallest absolute Gasteiger partial charge is 0.0661 e. The summed E-state index contributed by atoms with van der Waals surface area (Å²) in [6.45, 7) is 2.42. The summed E-state index contributed by atoms with van der Waals surface area (Å²) in [5.41, 5.74) is 2.61. The summed E-state index contributed by atoms with van der Waals surface area (Å²) in [5.74, 6) is 0.713. The SMILES string of the molecule is CN1CCC(c2ccc3ccnn3c2)CC1. The third-order valence-electron chi connectivity index (χ3n) is 3.61. The molecule has 3 nitrogen and oxygen atoms in total. The molecule has 0 amide bonds. The Labute approximate surface area is 95.7 Å². The van der Waals surface area contributed by atoms with Crippen molar-refractivity contribution in [3.63, 3.8) is 0 Å². The number of pyridine rings is 1. The predicted molar refractivity (Wildman–Crippen MR) is 64.7 cm³/mol. The van der Waals surface area contributed by atoms with E-state index in [-0.39, 0.29) is 0 Å². The molecule has 16 heavy (non-hydrogen) atoms. The molecule has 0 spiro atoms. The lowest BCUT2D eigenvalue weighted by atomic mass is 9.91. The molecule has 1 saturated heterocycles. The van der Waals surface area contributed by atoms with Crippen molar-refractivity contribution in [3.05, 3.63) is 36.2 Å². The Bertz CT molecular complexity index is 481. The Kier molecular flexibility index (Phi) is 2.40. The summed E-state index contributed by atoms with van der Waals surface area (Å²) in [6.07, 6.45) is 6.58. The van der Waals surface area contributed by atoms with Gasteiger partial charge in [-0.15, -0.1) is 0 Å². The molecule has 0 radical (unpaired) electrons. The first-order chi connectivity index (χ1) is 7.83. The van der Waals surface area contributed by atoms with Crippen molar-refractivity contribution in [3.8, 4) is 0 Å². The number of likely N-dealkylation sites (tertiary alicyclic amines) is 1. The highest BCUT2D eigenvalue weighted by Crippen LogP contribution is 2.27. The van der Waals surface area contributed by atoms with Crippen molar-refractivity contribution in [1.82, 2.24) is 14.5 Å². The van der Waals surface area contributed by atoms with Crippen LogP contribution in [0.5, 0.6) is 0 Å². The number of nitrogens with zero attached hydrogens (tertiary/aromatic N) is 3. The third kappa shape index (κ3) is 1.71. The summed E-state index contributed by atoms with van der Waals surface area (Å²) >= 11 is 0. The first-order valence-corrected chi connectivity index (χ1v) is 5.95. The van der Waals surface area contributed by atoms with Crippen LogP contribution in [0.25, 0.3) is 5.52 Å². The molecule has 3 heterocycles. The molecule has 0 saturated carbocycles. The number of hydrogen-bond donors (Lipinski definition) is 0. The molecule has 2 aromatic rings. The summed E-state index contributed by atoms with van der Waals surface area (Å²) < 4.78 is 1.98. The lowest BCUT2D eigenvalue weighted by molar-refractivity contribution is 0.255. The van der Waals surface area contributed by atoms with Crippen LogP contribution in [0.15, 0.2) is 30.6 Å². The summed E-state index contributed by atoms with van der Waals surface area (Å²) in [4.78, 5) is 2.41. The van der Waals surface area contributed by atoms with E-state index in [0.717, 1.165) is 0 Å². The third-order valence-corrected chi connectivity index (χ3v) is 3.61. The van der Waals surface area contributed by atoms with E-state index < -0.39 is 0 Å². The molecule has 0 atom stereocenters. The van der Waals surface area contributed by atoms with E-state index >= 15 is 0 Å². The van der Waals surface area contributed by atoms with Crippen molar-refractivity contribution in [2.75, 3.05) is 20.1 Å². The van der Waals surface area contributed by atoms with Gasteiger partial charge in [-0.25, -0.2) is 4.52 Å². The van der Waals surface area contributed by atoms with Crippen molar-refractivity contribution in [2.24, 2.45) is 0 Å². The van der Waals surface area contributed by atoms with Gasteiger partial charge in [0.25, 0.3) is 0 Å². The Morgan fingerprint density at radius 2 is 2.00 bits per heavy atom. The zero-order valence-electron chi connectivity index (χ0n) is 9.63. The Hall–Kier alpha value is -1.35. The minimum Gasteiger partial charge on any atom is -0.306 e. The fraction of sp³-hybridized carbons (Fsp3) is 0.462. The van der Waals surface area contributed by atoms with Gasteiger partial charge in [0.2, 0.25) is 0 Å². The van der Waals surface area contributed by atoms with Crippen molar-refractivity contribution >= 4 is 5.52 Å². The second kappa shape index (κ2) is 3.91. The zero-order chi connectivity index (χ0) is 11.0. The van der Waals surface area contributed by atoms with Crippen LogP contribution < -0.4 is 0 Å². The van der Waals surface area contributed by atoms with E-state index in [2.05, 4.69) is 35.4 Å². The second-order valence-electron chi connectivity index (χ2n) is 4.74. The molecular formula is C13H17N3. The highest BCUT2D eigenvalue weighted by atomic mass is 15.2. The van der Waals surface area contributed by atoms with Gasteiger partial charge < -0.3 is 4.90 Å². The normalized spacial score (nSPS) is 19.3. The average molecular weight is 215 g/mol. The highest BCUT2D eigenvalue weighted by molar-refractivity contribution is 5.46. The molecule has 84 valence electrons. The van der Waals surface area contributed by atoms with E-state index in [1.807, 2.05) is 16.8 Å². The molecule has 0 bridgehead atoms. The van der Waals surface area contributed by atoms with E-state index in [1.54, 1.807) is 0 Å². The van der Waals surface area contributed by atoms with E-state index in [4.69, 9.17) is 0 Å². The highest BCUT2D eigenvalue weighted by Gasteiger charge is 2.18. The molecule has 3 heteroatoms. The fourth-order valence-electron chi connectivity index (χ4n) is 2.51. The minimum absolute atomic E-state index is 0.713. The number of aromatic nitrogens is 2. The zero-order valence-corrected chi connectivity index (χ0v) is 9.63. The molecule has 2 aromatic heterocycles. The molecule has 0 N–H and O–H groups in total. The van der Waals surface area contributed by atoms with E-state index in [0.29, 0.717) is 5.92 Å². The summed E-state index contributed by atoms with van der Waals surface area (Å²) in [7, 11) is 2.20. The minimum atomic E-state index is 0.713. The largest absolute Gasteiger partial charge is 0.306 e. The van der Waals surface area contributed by atoms with Crippen molar-refractivity contribution < 1.29 is 0 Å². The quantitative estimate of drug-likeness (QED) is 0.726. The average Bonchev–Trinajstić information content (AvgIpc) is 2.77. The molecule has 0 aromatic carbocycles. The van der Waals surface area contributed by atoms with Crippen LogP contribution in [-0.4, -0.2) is 34.7 Å². The molecule has 0 aliphatic carbocycles. The molecule has 1 fully saturated rings. The Morgan fingerprint density at radius 3 is 2.81 bits per heavy atom. The maximum atomic E-state index is 4.30. The molecule has 1 aliphatic rings. The van der Waals surface area contributed by atoms with Crippen molar-refractivity contribution in [2.45, 2.75) is 18.8 Å². The first-order valence-electron chi connectivity index (χ1n) is 5.95. The Balaban J connectivity index is 1.87. The van der Waals surface area contributed by atoms with Gasteiger partial charge in [0.1, 0.15) is 0 Å². The van der Waals surface area contributed by atoms with Crippen LogP contribution in [0.4, 0.5) is 0 Å². The van der Waals surface area contributed by atoms with Gasteiger partial charge in [0.05, 0.1) is 5.52 Å². The summed E-state index contributed by atoms with van der Waals surface area (Å²) in [5, 5.41) is 4.30. The lowest BCUT2D eigenvalue weighted by Crippen LogP contribution is -2.29. The van der Waals surface area contributed by atoms with Crippen LogP contribution in [0, 0.1) is 0 Å². The lowest BCUT2D eigenvalue weighted by Gasteiger charge is -2.29. The van der Waals surface area contributed by atoms with Crippen LogP contribution in [0.3, 0.4) is 0 Å².